The fourth-order valence-electron chi connectivity index (χ4n) is 6.42. The Labute approximate surface area is 277 Å². The van der Waals surface area contributed by atoms with Gasteiger partial charge in [0.2, 0.25) is 0 Å². The van der Waals surface area contributed by atoms with Crippen LogP contribution >= 0.6 is 0 Å². The second-order valence-corrected chi connectivity index (χ2v) is 13.9. The Morgan fingerprint density at radius 2 is 1.68 bits per heavy atom. The van der Waals surface area contributed by atoms with Gasteiger partial charge in [-0.25, -0.2) is 17.4 Å². The van der Waals surface area contributed by atoms with E-state index in [0.717, 1.165) is 53.8 Å². The first-order chi connectivity index (χ1) is 22.4. The van der Waals surface area contributed by atoms with Crippen molar-refractivity contribution in [2.45, 2.75) is 70.7 Å². The van der Waals surface area contributed by atoms with Crippen LogP contribution in [0.1, 0.15) is 65.8 Å². The van der Waals surface area contributed by atoms with Crippen molar-refractivity contribution in [3.05, 3.63) is 149 Å². The Morgan fingerprint density at radius 3 is 2.49 bits per heavy atom. The van der Waals surface area contributed by atoms with Crippen molar-refractivity contribution in [2.24, 2.45) is 0 Å². The van der Waals surface area contributed by atoms with Crippen molar-refractivity contribution in [3.63, 3.8) is 0 Å². The number of aryl methyl sites for hydroxylation is 2. The minimum absolute atomic E-state index is 0. The number of imidazole rings is 1. The molecule has 9 heteroatoms. The van der Waals surface area contributed by atoms with Crippen molar-refractivity contribution in [1.29, 1.82) is 0 Å². The maximum atomic E-state index is 13.3. The Bertz CT molecular complexity index is 2020. The molecule has 0 bridgehead atoms. The van der Waals surface area contributed by atoms with Crippen LogP contribution in [0.25, 0.3) is 11.0 Å². The number of benzene rings is 3. The molecule has 7 rings (SSSR count). The number of hydrogen-bond donors (Lipinski definition) is 2. The summed E-state index contributed by atoms with van der Waals surface area (Å²) in [6.45, 7) is 4.47. The molecule has 3 aromatic carbocycles. The van der Waals surface area contributed by atoms with Gasteiger partial charge in [-0.2, -0.15) is 0 Å². The molecule has 0 fully saturated rings. The van der Waals surface area contributed by atoms with Crippen molar-refractivity contribution < 1.29 is 8.42 Å². The standard InChI is InChI=1S/C37H38N6O2S.CH4/c1-27-13-19-32(20-14-27)46(44,45)43-22-6-9-31(43)24-38-23-28-15-17-29(18-16-28)25-42(26-36-40-33-10-2-3-11-34(33)41-36)35-12-4-7-30-8-5-21-39-37(30)35;/h2-3,5-6,8-11,13-22,35,38H,4,7,12,23-26H2,1H3,(H,40,41);1H4. The van der Waals surface area contributed by atoms with E-state index in [2.05, 4.69) is 51.6 Å². The average molecular weight is 647 g/mol. The van der Waals surface area contributed by atoms with Crippen molar-refractivity contribution in [3.8, 4) is 0 Å². The number of fused-ring (bicyclic) bond motifs is 2. The Morgan fingerprint density at radius 1 is 0.894 bits per heavy atom. The third-order valence-corrected chi connectivity index (χ3v) is 10.6. The van der Waals surface area contributed by atoms with Crippen LogP contribution in [0.15, 0.2) is 114 Å². The number of nitrogens with one attached hydrogen (secondary N) is 2. The topological polar surface area (TPSA) is 95.9 Å². The lowest BCUT2D eigenvalue weighted by atomic mass is 9.90. The molecule has 242 valence electrons. The zero-order chi connectivity index (χ0) is 31.5. The van der Waals surface area contributed by atoms with Gasteiger partial charge in [-0.1, -0.05) is 67.6 Å². The number of aromatic nitrogens is 4. The Hall–Kier alpha value is -4.57. The molecular weight excluding hydrogens is 605 g/mol. The summed E-state index contributed by atoms with van der Waals surface area (Å²) in [6.07, 6.45) is 6.79. The van der Waals surface area contributed by atoms with E-state index in [0.29, 0.717) is 25.3 Å². The van der Waals surface area contributed by atoms with Crippen LogP contribution < -0.4 is 5.32 Å². The van der Waals surface area contributed by atoms with Crippen LogP contribution in [0.3, 0.4) is 0 Å². The van der Waals surface area contributed by atoms with E-state index in [1.807, 2.05) is 55.6 Å². The fraction of sp³-hybridized carbons (Fsp3) is 0.263. The van der Waals surface area contributed by atoms with Gasteiger partial charge in [0.1, 0.15) is 5.82 Å². The van der Waals surface area contributed by atoms with E-state index in [9.17, 15) is 8.42 Å². The van der Waals surface area contributed by atoms with E-state index >= 15 is 0 Å². The van der Waals surface area contributed by atoms with E-state index in [4.69, 9.17) is 9.97 Å². The SMILES string of the molecule is C.Cc1ccc(S(=O)(=O)n2cccc2CNCc2ccc(CN(Cc3nc4ccccc4[nH]3)C3CCCc4cccnc43)cc2)cc1. The summed E-state index contributed by atoms with van der Waals surface area (Å²) >= 11 is 0. The van der Waals surface area contributed by atoms with E-state index in [1.54, 1.807) is 24.4 Å². The van der Waals surface area contributed by atoms with Crippen molar-refractivity contribution >= 4 is 21.1 Å². The minimum atomic E-state index is -3.65. The smallest absolute Gasteiger partial charge is 0.267 e. The summed E-state index contributed by atoms with van der Waals surface area (Å²) in [5, 5.41) is 3.43. The zero-order valence-electron chi connectivity index (χ0n) is 25.9. The third-order valence-electron chi connectivity index (χ3n) is 8.81. The molecule has 1 unspecified atom stereocenters. The van der Waals surface area contributed by atoms with Crippen molar-refractivity contribution in [1.82, 2.24) is 29.1 Å². The van der Waals surface area contributed by atoms with Crippen LogP contribution in [0.4, 0.5) is 0 Å². The van der Waals surface area contributed by atoms with Crippen LogP contribution in [-0.4, -0.2) is 32.2 Å². The number of hydrogen-bond acceptors (Lipinski definition) is 6. The molecule has 0 radical (unpaired) electrons. The largest absolute Gasteiger partial charge is 0.341 e. The molecule has 0 amide bonds. The highest BCUT2D eigenvalue weighted by Crippen LogP contribution is 2.34. The van der Waals surface area contributed by atoms with Gasteiger partial charge >= 0.3 is 0 Å². The number of H-pyrrole nitrogens is 1. The molecule has 0 saturated heterocycles. The van der Waals surface area contributed by atoms with Gasteiger partial charge < -0.3 is 10.3 Å². The first-order valence-corrected chi connectivity index (χ1v) is 17.3. The van der Waals surface area contributed by atoms with Gasteiger partial charge in [-0.3, -0.25) is 9.88 Å². The van der Waals surface area contributed by atoms with Crippen LogP contribution in [0.2, 0.25) is 0 Å². The predicted molar refractivity (Wildman–Crippen MR) is 187 cm³/mol. The number of para-hydroxylation sites is 2. The predicted octanol–water partition coefficient (Wildman–Crippen LogP) is 7.31. The third kappa shape index (κ3) is 7.07. The molecule has 6 aromatic rings. The Kier molecular flexibility index (Phi) is 9.68. The lowest BCUT2D eigenvalue weighted by Crippen LogP contribution is -2.31. The van der Waals surface area contributed by atoms with Gasteiger partial charge in [0.15, 0.2) is 0 Å². The molecule has 0 aliphatic heterocycles. The van der Waals surface area contributed by atoms with Crippen LogP contribution in [0.5, 0.6) is 0 Å². The highest BCUT2D eigenvalue weighted by molar-refractivity contribution is 7.90. The normalized spacial score (nSPS) is 14.6. The minimum Gasteiger partial charge on any atom is -0.341 e. The van der Waals surface area contributed by atoms with E-state index in [1.165, 1.54) is 20.8 Å². The number of nitrogens with zero attached hydrogens (tertiary/aromatic N) is 4. The lowest BCUT2D eigenvalue weighted by Gasteiger charge is -2.34. The monoisotopic (exact) mass is 646 g/mol. The highest BCUT2D eigenvalue weighted by atomic mass is 32.2. The number of pyridine rings is 1. The van der Waals surface area contributed by atoms with Gasteiger partial charge in [-0.05, 0) is 85.3 Å². The molecule has 1 aliphatic rings. The molecule has 3 heterocycles. The van der Waals surface area contributed by atoms with Crippen LogP contribution in [-0.2, 0) is 42.6 Å². The second kappa shape index (κ2) is 14.0. The molecule has 47 heavy (non-hydrogen) atoms. The quantitative estimate of drug-likeness (QED) is 0.153. The van der Waals surface area contributed by atoms with Crippen LogP contribution in [0, 0.1) is 6.92 Å². The van der Waals surface area contributed by atoms with Crippen molar-refractivity contribution in [2.75, 3.05) is 0 Å². The molecule has 0 spiro atoms. The average Bonchev–Trinajstić information content (AvgIpc) is 3.72. The van der Waals surface area contributed by atoms with Gasteiger partial charge in [0.05, 0.1) is 34.2 Å². The lowest BCUT2D eigenvalue weighted by molar-refractivity contribution is 0.153. The summed E-state index contributed by atoms with van der Waals surface area (Å²) in [5.41, 5.74) is 8.63. The van der Waals surface area contributed by atoms with E-state index < -0.39 is 10.0 Å². The van der Waals surface area contributed by atoms with E-state index in [-0.39, 0.29) is 18.4 Å². The maximum absolute atomic E-state index is 13.3. The highest BCUT2D eigenvalue weighted by Gasteiger charge is 2.28. The zero-order valence-corrected chi connectivity index (χ0v) is 26.7. The maximum Gasteiger partial charge on any atom is 0.267 e. The molecule has 1 aliphatic carbocycles. The molecule has 0 saturated carbocycles. The molecular formula is C38H42N6O2S. The molecule has 8 nitrogen and oxygen atoms in total. The molecule has 3 aromatic heterocycles. The summed E-state index contributed by atoms with van der Waals surface area (Å²) in [5.74, 6) is 0.958. The molecule has 2 N–H and O–H groups in total. The first-order valence-electron chi connectivity index (χ1n) is 15.8. The molecule has 1 atom stereocenters. The second-order valence-electron chi connectivity index (χ2n) is 12.1. The van der Waals surface area contributed by atoms with Gasteiger partial charge in [-0.15, -0.1) is 0 Å². The number of rotatable bonds is 11. The summed E-state index contributed by atoms with van der Waals surface area (Å²) < 4.78 is 27.9. The number of aromatic amines is 1. The summed E-state index contributed by atoms with van der Waals surface area (Å²) in [4.78, 5) is 16.0. The van der Waals surface area contributed by atoms with Gasteiger partial charge in [0.25, 0.3) is 10.0 Å². The summed E-state index contributed by atoms with van der Waals surface area (Å²) in [7, 11) is -3.65. The summed E-state index contributed by atoms with van der Waals surface area (Å²) in [6, 6.07) is 31.9. The fourth-order valence-corrected chi connectivity index (χ4v) is 7.79. The first kappa shape index (κ1) is 32.4. The Balaban J connectivity index is 0.00000386. The van der Waals surface area contributed by atoms with Gasteiger partial charge in [0, 0.05) is 37.7 Å².